The van der Waals surface area contributed by atoms with Crippen molar-refractivity contribution in [2.75, 3.05) is 12.1 Å². The van der Waals surface area contributed by atoms with E-state index in [1.807, 2.05) is 0 Å². The van der Waals surface area contributed by atoms with E-state index in [0.29, 0.717) is 41.0 Å². The normalized spacial score (nSPS) is 27.5. The highest BCUT2D eigenvalue weighted by atomic mass is 35.5. The Morgan fingerprint density at radius 1 is 1.43 bits per heavy atom. The average Bonchev–Trinajstić information content (AvgIpc) is 2.85. The minimum Gasteiger partial charge on any atom is -0.454 e. The number of nitrogens with one attached hydrogen (secondary N) is 1. The fourth-order valence-corrected chi connectivity index (χ4v) is 3.26. The predicted molar refractivity (Wildman–Crippen MR) is 80.8 cm³/mol. The first-order chi connectivity index (χ1) is 9.98. The third-order valence-electron chi connectivity index (χ3n) is 4.20. The summed E-state index contributed by atoms with van der Waals surface area (Å²) in [5.41, 5.74) is 5.98. The van der Waals surface area contributed by atoms with Crippen LogP contribution in [0, 0.1) is 5.92 Å². The number of amides is 1. The van der Waals surface area contributed by atoms with Gasteiger partial charge in [0.1, 0.15) is 0 Å². The van der Waals surface area contributed by atoms with Crippen LogP contribution in [0.15, 0.2) is 12.1 Å². The van der Waals surface area contributed by atoms with Crippen molar-refractivity contribution in [3.63, 3.8) is 0 Å². The molecule has 5 nitrogen and oxygen atoms in total. The summed E-state index contributed by atoms with van der Waals surface area (Å²) in [5.74, 6) is 1.45. The molecule has 3 N–H and O–H groups in total. The van der Waals surface area contributed by atoms with Crippen molar-refractivity contribution >= 4 is 23.2 Å². The molecule has 1 fully saturated rings. The van der Waals surface area contributed by atoms with Gasteiger partial charge in [0.2, 0.25) is 12.7 Å². The van der Waals surface area contributed by atoms with Gasteiger partial charge in [-0.1, -0.05) is 31.4 Å². The Morgan fingerprint density at radius 2 is 2.14 bits per heavy atom. The zero-order chi connectivity index (χ0) is 15.0. The van der Waals surface area contributed by atoms with Crippen LogP contribution in [-0.4, -0.2) is 18.2 Å². The third kappa shape index (κ3) is 2.80. The van der Waals surface area contributed by atoms with Crippen molar-refractivity contribution in [2.45, 2.75) is 38.1 Å². The highest BCUT2D eigenvalue weighted by Crippen LogP contribution is 2.40. The second-order valence-corrected chi connectivity index (χ2v) is 6.40. The molecule has 3 rings (SSSR count). The molecule has 0 radical (unpaired) electrons. The number of hydrogen-bond donors (Lipinski definition) is 2. The molecule has 0 saturated heterocycles. The summed E-state index contributed by atoms with van der Waals surface area (Å²) in [4.78, 5) is 12.5. The summed E-state index contributed by atoms with van der Waals surface area (Å²) >= 11 is 6.17. The van der Waals surface area contributed by atoms with Crippen LogP contribution < -0.4 is 20.5 Å². The first-order valence-corrected chi connectivity index (χ1v) is 7.55. The molecule has 6 heteroatoms. The molecular formula is C15H19ClN2O3. The third-order valence-corrected chi connectivity index (χ3v) is 4.51. The summed E-state index contributed by atoms with van der Waals surface area (Å²) in [6.45, 7) is 2.29. The molecule has 1 saturated carbocycles. The minimum absolute atomic E-state index is 0.168. The highest BCUT2D eigenvalue weighted by molar-refractivity contribution is 6.34. The second-order valence-electron chi connectivity index (χ2n) is 6.00. The van der Waals surface area contributed by atoms with Gasteiger partial charge in [0, 0.05) is 12.1 Å². The van der Waals surface area contributed by atoms with Crippen LogP contribution in [0.2, 0.25) is 5.02 Å². The Balaban J connectivity index is 1.78. The lowest BCUT2D eigenvalue weighted by Gasteiger charge is -2.35. The van der Waals surface area contributed by atoms with Gasteiger partial charge in [0.25, 0.3) is 0 Å². The monoisotopic (exact) mass is 310 g/mol. The Hall–Kier alpha value is -1.46. The van der Waals surface area contributed by atoms with E-state index in [9.17, 15) is 4.79 Å². The Bertz CT molecular complexity index is 578. The molecule has 114 valence electrons. The molecule has 2 unspecified atom stereocenters. The summed E-state index contributed by atoms with van der Waals surface area (Å²) in [6, 6.07) is 3.32. The highest BCUT2D eigenvalue weighted by Gasteiger charge is 2.38. The molecule has 1 heterocycles. The number of halogens is 1. The number of carbonyl (C=O) groups excluding carboxylic acids is 1. The van der Waals surface area contributed by atoms with Crippen molar-refractivity contribution < 1.29 is 14.3 Å². The summed E-state index contributed by atoms with van der Waals surface area (Å²) in [6.07, 6.45) is 3.49. The fraction of sp³-hybridized carbons (Fsp3) is 0.533. The van der Waals surface area contributed by atoms with Crippen LogP contribution in [-0.2, 0) is 4.79 Å². The number of anilines is 1. The number of hydrogen-bond acceptors (Lipinski definition) is 4. The molecule has 1 amide bonds. The lowest BCUT2D eigenvalue weighted by Crippen LogP contribution is -2.53. The lowest BCUT2D eigenvalue weighted by molar-refractivity contribution is -0.122. The van der Waals surface area contributed by atoms with Crippen molar-refractivity contribution in [2.24, 2.45) is 11.7 Å². The summed E-state index contributed by atoms with van der Waals surface area (Å²) < 4.78 is 10.5. The van der Waals surface area contributed by atoms with Crippen molar-refractivity contribution in [3.05, 3.63) is 17.2 Å². The Morgan fingerprint density at radius 3 is 2.86 bits per heavy atom. The van der Waals surface area contributed by atoms with Crippen molar-refractivity contribution in [3.8, 4) is 11.5 Å². The minimum atomic E-state index is -0.822. The van der Waals surface area contributed by atoms with Gasteiger partial charge in [-0.3, -0.25) is 4.79 Å². The Labute approximate surface area is 128 Å². The number of benzene rings is 1. The van der Waals surface area contributed by atoms with E-state index in [4.69, 9.17) is 26.8 Å². The standard InChI is InChI=1S/C15H19ClN2O3/c1-9-3-2-4-15(17,7-9)14(19)18-11-6-13-12(5-10(11)16)20-8-21-13/h5-6,9H,2-4,7-8,17H2,1H3,(H,18,19). The first-order valence-electron chi connectivity index (χ1n) is 7.17. The molecule has 0 spiro atoms. The lowest BCUT2D eigenvalue weighted by atomic mass is 9.76. The van der Waals surface area contributed by atoms with Gasteiger partial charge in [-0.2, -0.15) is 0 Å². The maximum Gasteiger partial charge on any atom is 0.244 e. The Kier molecular flexibility index (Phi) is 3.71. The molecule has 1 aliphatic heterocycles. The van der Waals surface area contributed by atoms with Gasteiger partial charge in [-0.15, -0.1) is 0 Å². The van der Waals surface area contributed by atoms with Gasteiger partial charge < -0.3 is 20.5 Å². The van der Waals surface area contributed by atoms with Crippen LogP contribution in [0.25, 0.3) is 0 Å². The number of fused-ring (bicyclic) bond motifs is 1. The molecule has 1 aliphatic carbocycles. The molecule has 21 heavy (non-hydrogen) atoms. The van der Waals surface area contributed by atoms with Gasteiger partial charge in [0.05, 0.1) is 16.2 Å². The second kappa shape index (κ2) is 5.39. The molecule has 0 bridgehead atoms. The molecular weight excluding hydrogens is 292 g/mol. The molecule has 1 aromatic rings. The summed E-state index contributed by atoms with van der Waals surface area (Å²) in [7, 11) is 0. The topological polar surface area (TPSA) is 73.6 Å². The van der Waals surface area contributed by atoms with Crippen LogP contribution in [0.5, 0.6) is 11.5 Å². The van der Waals surface area contributed by atoms with Crippen molar-refractivity contribution in [1.29, 1.82) is 0 Å². The summed E-state index contributed by atoms with van der Waals surface area (Å²) in [5, 5.41) is 3.26. The van der Waals surface area contributed by atoms with E-state index in [1.165, 1.54) is 0 Å². The molecule has 2 atom stereocenters. The van der Waals surface area contributed by atoms with Crippen LogP contribution in [0.4, 0.5) is 5.69 Å². The zero-order valence-corrected chi connectivity index (χ0v) is 12.7. The average molecular weight is 311 g/mol. The number of carbonyl (C=O) groups is 1. The first kappa shape index (κ1) is 14.5. The quantitative estimate of drug-likeness (QED) is 0.881. The van der Waals surface area contributed by atoms with Crippen molar-refractivity contribution in [1.82, 2.24) is 0 Å². The van der Waals surface area contributed by atoms with E-state index in [-0.39, 0.29) is 12.7 Å². The van der Waals surface area contributed by atoms with Gasteiger partial charge >= 0.3 is 0 Å². The number of nitrogens with two attached hydrogens (primary N) is 1. The smallest absolute Gasteiger partial charge is 0.244 e. The maximum absolute atomic E-state index is 12.5. The van der Waals surface area contributed by atoms with E-state index in [0.717, 1.165) is 12.8 Å². The fourth-order valence-electron chi connectivity index (χ4n) is 3.06. The van der Waals surface area contributed by atoms with Crippen LogP contribution >= 0.6 is 11.6 Å². The number of rotatable bonds is 2. The molecule has 0 aromatic heterocycles. The predicted octanol–water partition coefficient (Wildman–Crippen LogP) is 2.91. The SMILES string of the molecule is CC1CCCC(N)(C(=O)Nc2cc3c(cc2Cl)OCO3)C1. The molecule has 1 aromatic carbocycles. The number of ether oxygens (including phenoxy) is 2. The maximum atomic E-state index is 12.5. The largest absolute Gasteiger partial charge is 0.454 e. The molecule has 2 aliphatic rings. The van der Waals surface area contributed by atoms with Crippen LogP contribution in [0.1, 0.15) is 32.6 Å². The van der Waals surface area contributed by atoms with E-state index < -0.39 is 5.54 Å². The van der Waals surface area contributed by atoms with Gasteiger partial charge in [0.15, 0.2) is 11.5 Å². The van der Waals surface area contributed by atoms with Gasteiger partial charge in [-0.05, 0) is 18.8 Å². The van der Waals surface area contributed by atoms with Crippen LogP contribution in [0.3, 0.4) is 0 Å². The van der Waals surface area contributed by atoms with Gasteiger partial charge in [-0.25, -0.2) is 0 Å². The van der Waals surface area contributed by atoms with E-state index in [2.05, 4.69) is 12.2 Å². The van der Waals surface area contributed by atoms with E-state index >= 15 is 0 Å². The zero-order valence-electron chi connectivity index (χ0n) is 11.9. The van der Waals surface area contributed by atoms with E-state index in [1.54, 1.807) is 12.1 Å².